The molecule has 0 bridgehead atoms. The molecule has 0 fully saturated rings. The van der Waals surface area contributed by atoms with Gasteiger partial charge in [0.05, 0.1) is 37.4 Å². The van der Waals surface area contributed by atoms with Gasteiger partial charge in [-0.25, -0.2) is 19.2 Å². The lowest BCUT2D eigenvalue weighted by molar-refractivity contribution is 0.0520. The van der Waals surface area contributed by atoms with Crippen molar-refractivity contribution in [3.8, 4) is 17.1 Å². The van der Waals surface area contributed by atoms with E-state index in [0.29, 0.717) is 10.7 Å². The molecule has 0 aliphatic heterocycles. The fourth-order valence-corrected chi connectivity index (χ4v) is 2.45. The average molecular weight is 392 g/mol. The number of carbonyl (C=O) groups excluding carboxylic acids is 1. The van der Waals surface area contributed by atoms with Gasteiger partial charge < -0.3 is 14.8 Å². The standard InChI is InChI=1S/C17H15ClFN5O3/c1-3-27-17(25)14-12(7-21-24-14)22-16-13(26-2)8-20-15(23-16)10-6-9(18)4-5-11(10)19/h4-8H,3H2,1-2H3,(H,21,24)(H,20,22,23). The molecule has 8 nitrogen and oxygen atoms in total. The van der Waals surface area contributed by atoms with Crippen LogP contribution in [-0.4, -0.2) is 39.9 Å². The number of hydrogen-bond acceptors (Lipinski definition) is 7. The molecule has 140 valence electrons. The molecule has 3 aromatic rings. The van der Waals surface area contributed by atoms with E-state index in [9.17, 15) is 9.18 Å². The summed E-state index contributed by atoms with van der Waals surface area (Å²) < 4.78 is 24.3. The van der Waals surface area contributed by atoms with Crippen LogP contribution in [0.3, 0.4) is 0 Å². The molecular weight excluding hydrogens is 377 g/mol. The second kappa shape index (κ2) is 8.00. The third-order valence-electron chi connectivity index (χ3n) is 3.52. The highest BCUT2D eigenvalue weighted by molar-refractivity contribution is 6.30. The minimum absolute atomic E-state index is 0.0967. The van der Waals surface area contributed by atoms with Crippen LogP contribution in [0.15, 0.2) is 30.6 Å². The Morgan fingerprint density at radius 3 is 2.93 bits per heavy atom. The lowest BCUT2D eigenvalue weighted by atomic mass is 10.2. The smallest absolute Gasteiger partial charge is 0.358 e. The van der Waals surface area contributed by atoms with E-state index >= 15 is 0 Å². The summed E-state index contributed by atoms with van der Waals surface area (Å²) in [6.07, 6.45) is 2.78. The van der Waals surface area contributed by atoms with Crippen molar-refractivity contribution in [2.24, 2.45) is 0 Å². The van der Waals surface area contributed by atoms with Crippen molar-refractivity contribution in [1.29, 1.82) is 0 Å². The fraction of sp³-hybridized carbons (Fsp3) is 0.176. The molecule has 0 amide bonds. The number of nitrogens with one attached hydrogen (secondary N) is 2. The number of aromatic amines is 1. The molecule has 3 rings (SSSR count). The van der Waals surface area contributed by atoms with Gasteiger partial charge in [-0.05, 0) is 25.1 Å². The van der Waals surface area contributed by atoms with Crippen molar-refractivity contribution < 1.29 is 18.7 Å². The van der Waals surface area contributed by atoms with Gasteiger partial charge in [0, 0.05) is 5.02 Å². The predicted octanol–water partition coefficient (Wildman–Crippen LogP) is 3.59. The van der Waals surface area contributed by atoms with Gasteiger partial charge in [-0.3, -0.25) is 5.10 Å². The van der Waals surface area contributed by atoms with Crippen LogP contribution in [0, 0.1) is 5.82 Å². The molecule has 0 atom stereocenters. The quantitative estimate of drug-likeness (QED) is 0.619. The maximum atomic E-state index is 14.1. The zero-order valence-electron chi connectivity index (χ0n) is 14.4. The lowest BCUT2D eigenvalue weighted by Gasteiger charge is -2.11. The first kappa shape index (κ1) is 18.6. The van der Waals surface area contributed by atoms with Crippen molar-refractivity contribution in [2.75, 3.05) is 19.0 Å². The SMILES string of the molecule is CCOC(=O)c1[nH]ncc1Nc1nc(-c2cc(Cl)ccc2F)ncc1OC. The van der Waals surface area contributed by atoms with Crippen molar-refractivity contribution in [3.05, 3.63) is 47.1 Å². The summed E-state index contributed by atoms with van der Waals surface area (Å²) in [6, 6.07) is 4.08. The van der Waals surface area contributed by atoms with Crippen molar-refractivity contribution >= 4 is 29.1 Å². The lowest BCUT2D eigenvalue weighted by Crippen LogP contribution is -2.09. The minimum Gasteiger partial charge on any atom is -0.491 e. The Balaban J connectivity index is 2.00. The second-order valence-electron chi connectivity index (χ2n) is 5.24. The number of methoxy groups -OCH3 is 1. The molecule has 1 aromatic carbocycles. The highest BCUT2D eigenvalue weighted by Gasteiger charge is 2.18. The number of H-pyrrole nitrogens is 1. The summed E-state index contributed by atoms with van der Waals surface area (Å²) in [5, 5.41) is 9.67. The molecule has 2 N–H and O–H groups in total. The van der Waals surface area contributed by atoms with Crippen LogP contribution in [0.25, 0.3) is 11.4 Å². The molecule has 2 heterocycles. The van der Waals surface area contributed by atoms with Gasteiger partial charge in [0.1, 0.15) is 5.82 Å². The summed E-state index contributed by atoms with van der Waals surface area (Å²) >= 11 is 5.94. The first-order chi connectivity index (χ1) is 13.0. The molecule has 10 heteroatoms. The number of ether oxygens (including phenoxy) is 2. The topological polar surface area (TPSA) is 102 Å². The molecule has 0 spiro atoms. The third-order valence-corrected chi connectivity index (χ3v) is 3.75. The molecule has 2 aromatic heterocycles. The van der Waals surface area contributed by atoms with Crippen LogP contribution in [0.4, 0.5) is 15.9 Å². The molecule has 0 radical (unpaired) electrons. The van der Waals surface area contributed by atoms with E-state index in [2.05, 4.69) is 25.5 Å². The molecule has 0 aliphatic rings. The first-order valence-corrected chi connectivity index (χ1v) is 8.25. The second-order valence-corrected chi connectivity index (χ2v) is 5.68. The molecule has 0 saturated carbocycles. The van der Waals surface area contributed by atoms with Crippen LogP contribution in [0.5, 0.6) is 5.75 Å². The summed E-state index contributed by atoms with van der Waals surface area (Å²) in [5.74, 6) is -0.497. The van der Waals surface area contributed by atoms with Crippen LogP contribution < -0.4 is 10.1 Å². The summed E-state index contributed by atoms with van der Waals surface area (Å²) in [6.45, 7) is 1.91. The van der Waals surface area contributed by atoms with Gasteiger partial charge in [-0.2, -0.15) is 5.10 Å². The van der Waals surface area contributed by atoms with E-state index < -0.39 is 11.8 Å². The van der Waals surface area contributed by atoms with E-state index in [1.807, 2.05) is 0 Å². The van der Waals surface area contributed by atoms with E-state index in [0.717, 1.165) is 0 Å². The monoisotopic (exact) mass is 391 g/mol. The summed E-state index contributed by atoms with van der Waals surface area (Å²) in [5.41, 5.74) is 0.571. The predicted molar refractivity (Wildman–Crippen MR) is 96.8 cm³/mol. The van der Waals surface area contributed by atoms with Crippen LogP contribution in [0.2, 0.25) is 5.02 Å². The van der Waals surface area contributed by atoms with Crippen LogP contribution in [-0.2, 0) is 4.74 Å². The van der Waals surface area contributed by atoms with E-state index in [1.54, 1.807) is 6.92 Å². The number of esters is 1. The number of hydrogen-bond donors (Lipinski definition) is 2. The van der Waals surface area contributed by atoms with Gasteiger partial charge >= 0.3 is 5.97 Å². The Kier molecular flexibility index (Phi) is 5.51. The number of carbonyl (C=O) groups is 1. The normalized spacial score (nSPS) is 10.5. The Hall–Kier alpha value is -3.20. The fourth-order valence-electron chi connectivity index (χ4n) is 2.28. The largest absolute Gasteiger partial charge is 0.491 e. The zero-order chi connectivity index (χ0) is 19.4. The molecule has 0 saturated heterocycles. The highest BCUT2D eigenvalue weighted by atomic mass is 35.5. The van der Waals surface area contributed by atoms with Crippen molar-refractivity contribution in [1.82, 2.24) is 20.2 Å². The Bertz CT molecular complexity index is 979. The van der Waals surface area contributed by atoms with Gasteiger partial charge in [0.15, 0.2) is 23.1 Å². The first-order valence-electron chi connectivity index (χ1n) is 7.87. The molecular formula is C17H15ClFN5O3. The Morgan fingerprint density at radius 1 is 1.37 bits per heavy atom. The van der Waals surface area contributed by atoms with E-state index in [1.165, 1.54) is 37.7 Å². The van der Waals surface area contributed by atoms with Crippen LogP contribution >= 0.6 is 11.6 Å². The number of rotatable bonds is 6. The number of anilines is 2. The van der Waals surface area contributed by atoms with Gasteiger partial charge in [0.25, 0.3) is 0 Å². The van der Waals surface area contributed by atoms with Crippen molar-refractivity contribution in [2.45, 2.75) is 6.92 Å². The number of nitrogens with zero attached hydrogens (tertiary/aromatic N) is 3. The van der Waals surface area contributed by atoms with Crippen LogP contribution in [0.1, 0.15) is 17.4 Å². The summed E-state index contributed by atoms with van der Waals surface area (Å²) in [7, 11) is 1.44. The molecule has 0 aliphatic carbocycles. The number of halogens is 2. The molecule has 27 heavy (non-hydrogen) atoms. The molecule has 0 unspecified atom stereocenters. The highest BCUT2D eigenvalue weighted by Crippen LogP contribution is 2.30. The van der Waals surface area contributed by atoms with Crippen molar-refractivity contribution in [3.63, 3.8) is 0 Å². The maximum absolute atomic E-state index is 14.1. The maximum Gasteiger partial charge on any atom is 0.358 e. The number of aromatic nitrogens is 4. The number of benzene rings is 1. The van der Waals surface area contributed by atoms with E-state index in [-0.39, 0.29) is 35.3 Å². The van der Waals surface area contributed by atoms with Gasteiger partial charge in [0.2, 0.25) is 0 Å². The van der Waals surface area contributed by atoms with E-state index in [4.69, 9.17) is 21.1 Å². The zero-order valence-corrected chi connectivity index (χ0v) is 15.2. The van der Waals surface area contributed by atoms with Gasteiger partial charge in [-0.15, -0.1) is 0 Å². The van der Waals surface area contributed by atoms with Gasteiger partial charge in [-0.1, -0.05) is 11.6 Å². The summed E-state index contributed by atoms with van der Waals surface area (Å²) in [4.78, 5) is 20.4. The average Bonchev–Trinajstić information content (AvgIpc) is 3.12. The minimum atomic E-state index is -0.577. The Morgan fingerprint density at radius 2 is 2.19 bits per heavy atom. The Labute approximate surface area is 158 Å². The third kappa shape index (κ3) is 3.98.